The standard InChI is InChI=1S/C32H38FN3O4S/c1-2-30(32(38)34-27-14-8-4-9-15-27)35(23-22-25-12-6-3-7-13-25)31(37)24-36(28-16-10-5-11-17-28)41(39,40)29-20-18-26(33)19-21-29/h3,5-7,10-13,16-21,27,30H,2,4,8-9,14-15,22-24H2,1H3,(H,34,38)/t30-/m0/s1. The fourth-order valence-electron chi connectivity index (χ4n) is 5.30. The number of rotatable bonds is 12. The molecule has 0 unspecified atom stereocenters. The normalized spacial score (nSPS) is 14.7. The molecular formula is C32H38FN3O4S. The number of hydrogen-bond donors (Lipinski definition) is 1. The molecule has 0 radical (unpaired) electrons. The van der Waals surface area contributed by atoms with Gasteiger partial charge in [0.1, 0.15) is 18.4 Å². The first-order valence-corrected chi connectivity index (χ1v) is 15.7. The van der Waals surface area contributed by atoms with Gasteiger partial charge in [-0.3, -0.25) is 13.9 Å². The molecule has 0 aromatic heterocycles. The van der Waals surface area contributed by atoms with Crippen molar-refractivity contribution in [3.8, 4) is 0 Å². The number of nitrogens with zero attached hydrogens (tertiary/aromatic N) is 2. The van der Waals surface area contributed by atoms with Gasteiger partial charge in [0.05, 0.1) is 10.6 Å². The largest absolute Gasteiger partial charge is 0.352 e. The lowest BCUT2D eigenvalue weighted by Gasteiger charge is -2.34. The molecule has 0 bridgehead atoms. The van der Waals surface area contributed by atoms with E-state index in [9.17, 15) is 22.4 Å². The summed E-state index contributed by atoms with van der Waals surface area (Å²) in [6.45, 7) is 1.60. The van der Waals surface area contributed by atoms with Crippen LogP contribution in [0.3, 0.4) is 0 Å². The fraction of sp³-hybridized carbons (Fsp3) is 0.375. The molecule has 0 aliphatic heterocycles. The summed E-state index contributed by atoms with van der Waals surface area (Å²) in [4.78, 5) is 29.0. The zero-order valence-corrected chi connectivity index (χ0v) is 24.2. The van der Waals surface area contributed by atoms with Gasteiger partial charge in [0.25, 0.3) is 10.0 Å². The van der Waals surface area contributed by atoms with Crippen molar-refractivity contribution >= 4 is 27.5 Å². The molecule has 3 aromatic carbocycles. The molecule has 0 saturated heterocycles. The van der Waals surface area contributed by atoms with Crippen LogP contribution in [0, 0.1) is 5.82 Å². The number of amides is 2. The number of carbonyl (C=O) groups is 2. The Labute approximate surface area is 242 Å². The third-order valence-corrected chi connectivity index (χ3v) is 9.33. The van der Waals surface area contributed by atoms with Crippen LogP contribution in [-0.2, 0) is 26.0 Å². The molecule has 9 heteroatoms. The number of benzene rings is 3. The summed E-state index contributed by atoms with van der Waals surface area (Å²) >= 11 is 0. The SMILES string of the molecule is CC[C@@H](C(=O)NC1CCCCC1)N(CCc1ccccc1)C(=O)CN(c1ccccc1)S(=O)(=O)c1ccc(F)cc1. The first kappa shape index (κ1) is 30.2. The highest BCUT2D eigenvalue weighted by molar-refractivity contribution is 7.92. The monoisotopic (exact) mass is 579 g/mol. The van der Waals surface area contributed by atoms with Crippen molar-refractivity contribution in [2.45, 2.75) is 68.8 Å². The second kappa shape index (κ2) is 14.3. The van der Waals surface area contributed by atoms with Crippen molar-refractivity contribution in [3.63, 3.8) is 0 Å². The first-order valence-electron chi connectivity index (χ1n) is 14.3. The van der Waals surface area contributed by atoms with Crippen molar-refractivity contribution < 1.29 is 22.4 Å². The average Bonchev–Trinajstić information content (AvgIpc) is 2.99. The van der Waals surface area contributed by atoms with Gasteiger partial charge in [-0.1, -0.05) is 74.7 Å². The van der Waals surface area contributed by atoms with Gasteiger partial charge in [-0.05, 0) is 67.6 Å². The van der Waals surface area contributed by atoms with E-state index >= 15 is 0 Å². The molecule has 0 spiro atoms. The highest BCUT2D eigenvalue weighted by Gasteiger charge is 2.34. The Kier molecular flexibility index (Phi) is 10.5. The maximum absolute atomic E-state index is 14.1. The molecule has 4 rings (SSSR count). The van der Waals surface area contributed by atoms with Crippen LogP contribution >= 0.6 is 0 Å². The summed E-state index contributed by atoms with van der Waals surface area (Å²) in [5.41, 5.74) is 1.31. The maximum Gasteiger partial charge on any atom is 0.264 e. The lowest BCUT2D eigenvalue weighted by Crippen LogP contribution is -2.54. The van der Waals surface area contributed by atoms with Crippen molar-refractivity contribution in [1.82, 2.24) is 10.2 Å². The Bertz CT molecular complexity index is 1380. The zero-order chi connectivity index (χ0) is 29.2. The molecular weight excluding hydrogens is 541 g/mol. The van der Waals surface area contributed by atoms with Crippen LogP contribution in [-0.4, -0.2) is 50.3 Å². The van der Waals surface area contributed by atoms with Crippen molar-refractivity contribution in [1.29, 1.82) is 0 Å². The molecule has 1 atom stereocenters. The van der Waals surface area contributed by atoms with E-state index in [1.165, 1.54) is 17.0 Å². The predicted molar refractivity (Wildman–Crippen MR) is 158 cm³/mol. The highest BCUT2D eigenvalue weighted by Crippen LogP contribution is 2.25. The van der Waals surface area contributed by atoms with Gasteiger partial charge < -0.3 is 10.2 Å². The summed E-state index contributed by atoms with van der Waals surface area (Å²) in [5.74, 6) is -1.26. The molecule has 2 amide bonds. The minimum absolute atomic E-state index is 0.0797. The predicted octanol–water partition coefficient (Wildman–Crippen LogP) is 5.32. The number of sulfonamides is 1. The molecule has 1 aliphatic rings. The van der Waals surface area contributed by atoms with E-state index in [2.05, 4.69) is 5.32 Å². The van der Waals surface area contributed by atoms with Gasteiger partial charge in [-0.15, -0.1) is 0 Å². The number of halogens is 1. The highest BCUT2D eigenvalue weighted by atomic mass is 32.2. The second-order valence-electron chi connectivity index (χ2n) is 10.4. The van der Waals surface area contributed by atoms with Crippen molar-refractivity contribution in [2.75, 3.05) is 17.4 Å². The third kappa shape index (κ3) is 7.94. The van der Waals surface area contributed by atoms with Crippen LogP contribution in [0.5, 0.6) is 0 Å². The zero-order valence-electron chi connectivity index (χ0n) is 23.4. The molecule has 1 fully saturated rings. The number of hydrogen-bond acceptors (Lipinski definition) is 4. The molecule has 7 nitrogen and oxygen atoms in total. The van der Waals surface area contributed by atoms with Gasteiger partial charge in [-0.2, -0.15) is 0 Å². The van der Waals surface area contributed by atoms with E-state index in [1.54, 1.807) is 30.3 Å². The summed E-state index contributed by atoms with van der Waals surface area (Å²) < 4.78 is 42.2. The Balaban J connectivity index is 1.64. The van der Waals surface area contributed by atoms with Crippen molar-refractivity contribution in [2.24, 2.45) is 0 Å². The number of carbonyl (C=O) groups excluding carboxylic acids is 2. The molecule has 1 N–H and O–H groups in total. The Morgan fingerprint density at radius 3 is 2.12 bits per heavy atom. The Hall–Kier alpha value is -3.72. The maximum atomic E-state index is 14.1. The Morgan fingerprint density at radius 2 is 1.51 bits per heavy atom. The minimum Gasteiger partial charge on any atom is -0.352 e. The average molecular weight is 580 g/mol. The van der Waals surface area contributed by atoms with Crippen LogP contribution in [0.15, 0.2) is 89.8 Å². The van der Waals surface area contributed by atoms with Crippen LogP contribution in [0.1, 0.15) is 51.0 Å². The van der Waals surface area contributed by atoms with E-state index in [4.69, 9.17) is 0 Å². The van der Waals surface area contributed by atoms with E-state index in [0.29, 0.717) is 18.5 Å². The second-order valence-corrected chi connectivity index (χ2v) is 12.3. The van der Waals surface area contributed by atoms with Crippen LogP contribution in [0.4, 0.5) is 10.1 Å². The van der Waals surface area contributed by atoms with Gasteiger partial charge in [0.2, 0.25) is 11.8 Å². The first-order chi connectivity index (χ1) is 19.8. The van der Waals surface area contributed by atoms with E-state index < -0.39 is 34.3 Å². The van der Waals surface area contributed by atoms with Crippen LogP contribution in [0.2, 0.25) is 0 Å². The third-order valence-electron chi connectivity index (χ3n) is 7.55. The lowest BCUT2D eigenvalue weighted by atomic mass is 9.95. The minimum atomic E-state index is -4.22. The van der Waals surface area contributed by atoms with Gasteiger partial charge in [0.15, 0.2) is 0 Å². The molecule has 41 heavy (non-hydrogen) atoms. The topological polar surface area (TPSA) is 86.8 Å². The van der Waals surface area contributed by atoms with E-state index in [-0.39, 0.29) is 23.4 Å². The van der Waals surface area contributed by atoms with E-state index in [1.807, 2.05) is 37.3 Å². The summed E-state index contributed by atoms with van der Waals surface area (Å²) in [6.07, 6.45) is 6.00. The van der Waals surface area contributed by atoms with Gasteiger partial charge >= 0.3 is 0 Å². The summed E-state index contributed by atoms with van der Waals surface area (Å²) in [7, 11) is -4.22. The van der Waals surface area contributed by atoms with Gasteiger partial charge in [-0.25, -0.2) is 12.8 Å². The number of para-hydroxylation sites is 1. The summed E-state index contributed by atoms with van der Waals surface area (Å²) in [6, 6.07) is 21.9. The van der Waals surface area contributed by atoms with Gasteiger partial charge in [0, 0.05) is 12.6 Å². The molecule has 218 valence electrons. The number of nitrogens with one attached hydrogen (secondary N) is 1. The molecule has 1 aliphatic carbocycles. The fourth-order valence-corrected chi connectivity index (χ4v) is 6.71. The lowest BCUT2D eigenvalue weighted by molar-refractivity contribution is -0.140. The molecule has 1 saturated carbocycles. The molecule has 3 aromatic rings. The Morgan fingerprint density at radius 1 is 0.902 bits per heavy atom. The molecule has 0 heterocycles. The van der Waals surface area contributed by atoms with Crippen molar-refractivity contribution in [3.05, 3.63) is 96.3 Å². The van der Waals surface area contributed by atoms with Crippen LogP contribution < -0.4 is 9.62 Å². The van der Waals surface area contributed by atoms with Crippen LogP contribution in [0.25, 0.3) is 0 Å². The quantitative estimate of drug-likeness (QED) is 0.315. The van der Waals surface area contributed by atoms with E-state index in [0.717, 1.165) is 54.1 Å². The smallest absolute Gasteiger partial charge is 0.264 e. The summed E-state index contributed by atoms with van der Waals surface area (Å²) in [5, 5.41) is 3.15. The number of anilines is 1.